The molecule has 0 spiro atoms. The number of halogens is 1. The van der Waals surface area contributed by atoms with Crippen molar-refractivity contribution >= 4 is 34.7 Å². The van der Waals surface area contributed by atoms with E-state index in [-0.39, 0.29) is 11.3 Å². The number of carbonyl (C=O) groups is 2. The number of nitrogens with zero attached hydrogens (tertiary/aromatic N) is 1. The number of amides is 1. The average molecular weight is 462 g/mol. The molecule has 1 unspecified atom stereocenters. The number of ether oxygens (including phenoxy) is 1. The highest BCUT2D eigenvalue weighted by atomic mass is 35.5. The monoisotopic (exact) mass is 461 g/mol. The average Bonchev–Trinajstić information content (AvgIpc) is 3.10. The molecular formula is C27H24ClNO4. The molecule has 1 amide bonds. The molecule has 1 aliphatic rings. The van der Waals surface area contributed by atoms with Gasteiger partial charge in [-0.2, -0.15) is 0 Å². The highest BCUT2D eigenvalue weighted by Crippen LogP contribution is 2.42. The van der Waals surface area contributed by atoms with Crippen LogP contribution in [0.15, 0.2) is 78.4 Å². The summed E-state index contributed by atoms with van der Waals surface area (Å²) in [5.41, 5.74) is 2.83. The van der Waals surface area contributed by atoms with E-state index in [4.69, 9.17) is 16.3 Å². The Balaban J connectivity index is 1.88. The van der Waals surface area contributed by atoms with E-state index in [1.165, 1.54) is 4.90 Å². The van der Waals surface area contributed by atoms with Crippen molar-refractivity contribution in [3.63, 3.8) is 0 Å². The molecule has 0 aromatic heterocycles. The molecule has 0 saturated carbocycles. The molecule has 168 valence electrons. The van der Waals surface area contributed by atoms with Crippen LogP contribution in [-0.2, 0) is 16.0 Å². The van der Waals surface area contributed by atoms with E-state index in [2.05, 4.69) is 0 Å². The summed E-state index contributed by atoms with van der Waals surface area (Å²) in [4.78, 5) is 27.8. The first kappa shape index (κ1) is 22.6. The van der Waals surface area contributed by atoms with Gasteiger partial charge in [0.05, 0.1) is 18.2 Å². The van der Waals surface area contributed by atoms with E-state index in [9.17, 15) is 14.7 Å². The number of benzene rings is 3. The summed E-state index contributed by atoms with van der Waals surface area (Å²) < 4.78 is 5.53. The molecule has 33 heavy (non-hydrogen) atoms. The van der Waals surface area contributed by atoms with Crippen LogP contribution >= 0.6 is 11.6 Å². The summed E-state index contributed by atoms with van der Waals surface area (Å²) in [6, 6.07) is 20.4. The number of hydrogen-bond acceptors (Lipinski definition) is 4. The van der Waals surface area contributed by atoms with Gasteiger partial charge in [0.15, 0.2) is 0 Å². The van der Waals surface area contributed by atoms with Crippen molar-refractivity contribution in [2.45, 2.75) is 26.3 Å². The quantitative estimate of drug-likeness (QED) is 0.281. The van der Waals surface area contributed by atoms with Gasteiger partial charge in [0.2, 0.25) is 0 Å². The van der Waals surface area contributed by atoms with E-state index < -0.39 is 17.7 Å². The Morgan fingerprint density at radius 1 is 0.939 bits per heavy atom. The Labute approximate surface area is 197 Å². The number of anilines is 1. The number of Topliss-reactive ketones (excluding diaryl/α,β-unsaturated/α-hetero) is 1. The van der Waals surface area contributed by atoms with Gasteiger partial charge in [-0.3, -0.25) is 14.5 Å². The zero-order chi connectivity index (χ0) is 23.5. The van der Waals surface area contributed by atoms with Crippen LogP contribution in [0.5, 0.6) is 5.75 Å². The van der Waals surface area contributed by atoms with Crippen LogP contribution in [0.4, 0.5) is 5.69 Å². The van der Waals surface area contributed by atoms with Gasteiger partial charge in [-0.25, -0.2) is 0 Å². The summed E-state index contributed by atoms with van der Waals surface area (Å²) >= 11 is 6.03. The molecule has 1 saturated heterocycles. The molecule has 3 aromatic carbocycles. The van der Waals surface area contributed by atoms with Crippen molar-refractivity contribution in [1.29, 1.82) is 0 Å². The highest BCUT2D eigenvalue weighted by molar-refractivity contribution is 6.51. The normalized spacial score (nSPS) is 17.4. The van der Waals surface area contributed by atoms with Crippen LogP contribution in [0.1, 0.15) is 36.6 Å². The minimum Gasteiger partial charge on any atom is -0.507 e. The minimum atomic E-state index is -0.798. The lowest BCUT2D eigenvalue weighted by Crippen LogP contribution is -2.29. The molecule has 1 atom stereocenters. The van der Waals surface area contributed by atoms with E-state index in [0.29, 0.717) is 34.2 Å². The van der Waals surface area contributed by atoms with E-state index in [1.807, 2.05) is 26.0 Å². The summed E-state index contributed by atoms with van der Waals surface area (Å²) in [6.45, 7) is 4.46. The van der Waals surface area contributed by atoms with Gasteiger partial charge in [0, 0.05) is 16.3 Å². The predicted molar refractivity (Wildman–Crippen MR) is 130 cm³/mol. The predicted octanol–water partition coefficient (Wildman–Crippen LogP) is 5.93. The van der Waals surface area contributed by atoms with Crippen LogP contribution < -0.4 is 9.64 Å². The lowest BCUT2D eigenvalue weighted by atomic mass is 9.94. The second-order valence-corrected chi connectivity index (χ2v) is 8.13. The van der Waals surface area contributed by atoms with Gasteiger partial charge < -0.3 is 9.84 Å². The van der Waals surface area contributed by atoms with E-state index in [1.54, 1.807) is 60.7 Å². The van der Waals surface area contributed by atoms with Gasteiger partial charge in [-0.15, -0.1) is 0 Å². The zero-order valence-electron chi connectivity index (χ0n) is 18.4. The molecular weight excluding hydrogens is 438 g/mol. The van der Waals surface area contributed by atoms with Crippen LogP contribution in [0.3, 0.4) is 0 Å². The molecule has 0 bridgehead atoms. The highest BCUT2D eigenvalue weighted by Gasteiger charge is 2.46. The molecule has 5 nitrogen and oxygen atoms in total. The number of rotatable bonds is 6. The fourth-order valence-electron chi connectivity index (χ4n) is 3.98. The molecule has 1 aliphatic heterocycles. The van der Waals surface area contributed by atoms with Gasteiger partial charge in [-0.1, -0.05) is 54.9 Å². The van der Waals surface area contributed by atoms with Gasteiger partial charge in [0.25, 0.3) is 11.7 Å². The SMILES string of the molecule is CCOc1ccc(C2/C(=C(\O)c3ccc(CC)cc3)C(=O)C(=O)N2c2ccc(Cl)cc2)cc1. The number of hydrogen-bond donors (Lipinski definition) is 1. The largest absolute Gasteiger partial charge is 0.507 e. The maximum Gasteiger partial charge on any atom is 0.300 e. The first-order valence-corrected chi connectivity index (χ1v) is 11.2. The first-order chi connectivity index (χ1) is 15.9. The zero-order valence-corrected chi connectivity index (χ0v) is 19.2. The van der Waals surface area contributed by atoms with E-state index in [0.717, 1.165) is 12.0 Å². The molecule has 1 heterocycles. The van der Waals surface area contributed by atoms with Crippen molar-refractivity contribution in [3.05, 3.63) is 100 Å². The maximum atomic E-state index is 13.2. The van der Waals surface area contributed by atoms with Crippen LogP contribution in [0.25, 0.3) is 5.76 Å². The number of carbonyl (C=O) groups excluding carboxylic acids is 2. The molecule has 4 rings (SSSR count). The first-order valence-electron chi connectivity index (χ1n) is 10.8. The van der Waals surface area contributed by atoms with Crippen LogP contribution in [0, 0.1) is 0 Å². The number of ketones is 1. The van der Waals surface area contributed by atoms with Crippen LogP contribution in [-0.4, -0.2) is 23.4 Å². The van der Waals surface area contributed by atoms with Crippen molar-refractivity contribution in [2.24, 2.45) is 0 Å². The lowest BCUT2D eigenvalue weighted by Gasteiger charge is -2.25. The Hall–Kier alpha value is -3.57. The molecule has 0 radical (unpaired) electrons. The number of aliphatic hydroxyl groups excluding tert-OH is 1. The number of aryl methyl sites for hydroxylation is 1. The topological polar surface area (TPSA) is 66.8 Å². The van der Waals surface area contributed by atoms with Gasteiger partial charge in [0.1, 0.15) is 11.5 Å². The molecule has 1 fully saturated rings. The molecule has 3 aromatic rings. The van der Waals surface area contributed by atoms with Gasteiger partial charge >= 0.3 is 0 Å². The Kier molecular flexibility index (Phi) is 6.52. The summed E-state index contributed by atoms with van der Waals surface area (Å²) in [6.07, 6.45) is 0.855. The molecule has 6 heteroatoms. The fraction of sp³-hybridized carbons (Fsp3) is 0.185. The second kappa shape index (κ2) is 9.51. The second-order valence-electron chi connectivity index (χ2n) is 7.70. The Morgan fingerprint density at radius 2 is 1.58 bits per heavy atom. The molecule has 1 N–H and O–H groups in total. The van der Waals surface area contributed by atoms with Crippen molar-refractivity contribution in [2.75, 3.05) is 11.5 Å². The number of aliphatic hydroxyl groups is 1. The summed E-state index contributed by atoms with van der Waals surface area (Å²) in [7, 11) is 0. The fourth-order valence-corrected chi connectivity index (χ4v) is 4.11. The van der Waals surface area contributed by atoms with Crippen molar-refractivity contribution in [3.8, 4) is 5.75 Å². The molecule has 0 aliphatic carbocycles. The smallest absolute Gasteiger partial charge is 0.300 e. The van der Waals surface area contributed by atoms with Gasteiger partial charge in [-0.05, 0) is 60.9 Å². The van der Waals surface area contributed by atoms with Crippen LogP contribution in [0.2, 0.25) is 5.02 Å². The maximum absolute atomic E-state index is 13.2. The lowest BCUT2D eigenvalue weighted by molar-refractivity contribution is -0.132. The third kappa shape index (κ3) is 4.37. The third-order valence-electron chi connectivity index (χ3n) is 5.69. The van der Waals surface area contributed by atoms with Crippen molar-refractivity contribution < 1.29 is 19.4 Å². The summed E-state index contributed by atoms with van der Waals surface area (Å²) in [5, 5.41) is 11.7. The van der Waals surface area contributed by atoms with Crippen molar-refractivity contribution in [1.82, 2.24) is 0 Å². The van der Waals surface area contributed by atoms with E-state index >= 15 is 0 Å². The standard InChI is InChI=1S/C27H24ClNO4/c1-3-17-5-7-19(8-6-17)25(30)23-24(18-9-15-22(16-10-18)33-4-2)29(27(32)26(23)31)21-13-11-20(28)12-14-21/h5-16,24,30H,3-4H2,1-2H3/b25-23+. The summed E-state index contributed by atoms with van der Waals surface area (Å²) in [5.74, 6) is -0.963. The Bertz CT molecular complexity index is 1200. The minimum absolute atomic E-state index is 0.0448. The Morgan fingerprint density at radius 3 is 2.15 bits per heavy atom. The third-order valence-corrected chi connectivity index (χ3v) is 5.94.